The lowest BCUT2D eigenvalue weighted by Crippen LogP contribution is -2.34. The molecule has 0 radical (unpaired) electrons. The van der Waals surface area contributed by atoms with Crippen LogP contribution in [0.3, 0.4) is 0 Å². The predicted molar refractivity (Wildman–Crippen MR) is 66.1 cm³/mol. The Balaban J connectivity index is 2.66. The minimum absolute atomic E-state index is 0.408. The van der Waals surface area contributed by atoms with Crippen LogP contribution in [0, 0.1) is 19.3 Å². The van der Waals surface area contributed by atoms with Gasteiger partial charge in [-0.15, -0.1) is 11.3 Å². The first kappa shape index (κ1) is 13.0. The van der Waals surface area contributed by atoms with Gasteiger partial charge in [0.1, 0.15) is 0 Å². The van der Waals surface area contributed by atoms with Crippen LogP contribution >= 0.6 is 11.3 Å². The van der Waals surface area contributed by atoms with Crippen molar-refractivity contribution >= 4 is 22.4 Å². The number of aryl methyl sites for hydroxylation is 2. The van der Waals surface area contributed by atoms with E-state index in [1.54, 1.807) is 18.3 Å². The third-order valence-electron chi connectivity index (χ3n) is 2.95. The van der Waals surface area contributed by atoms with E-state index in [1.807, 2.05) is 20.8 Å². The van der Waals surface area contributed by atoms with Gasteiger partial charge in [-0.25, -0.2) is 4.98 Å². The van der Waals surface area contributed by atoms with Crippen LogP contribution in [0.2, 0.25) is 0 Å². The van der Waals surface area contributed by atoms with Crippen molar-refractivity contribution in [3.05, 3.63) is 10.6 Å². The molecule has 0 aliphatic heterocycles. The lowest BCUT2D eigenvalue weighted by Gasteiger charge is -2.22. The van der Waals surface area contributed by atoms with Crippen molar-refractivity contribution in [1.82, 2.24) is 4.98 Å². The maximum atomic E-state index is 11.1. The maximum Gasteiger partial charge on any atom is 0.311 e. The van der Waals surface area contributed by atoms with Crippen LogP contribution in [-0.4, -0.2) is 22.6 Å². The third-order valence-corrected chi connectivity index (χ3v) is 3.99. The molecular formula is C11H18N2O2S. The number of thiazole rings is 1. The molecular weight excluding hydrogens is 224 g/mol. The zero-order valence-electron chi connectivity index (χ0n) is 10.1. The molecule has 5 heteroatoms. The second-order valence-corrected chi connectivity index (χ2v) is 5.44. The standard InChI is InChI=1S/C11H18N2O2S/c1-5-11(4,9(14)15)6-12-10-13-7(2)8(3)16-10/h5-6H2,1-4H3,(H,12,13)(H,14,15). The molecule has 2 N–H and O–H groups in total. The highest BCUT2D eigenvalue weighted by atomic mass is 32.1. The summed E-state index contributed by atoms with van der Waals surface area (Å²) in [7, 11) is 0. The first-order valence-corrected chi connectivity index (χ1v) is 6.12. The molecule has 1 atom stereocenters. The summed E-state index contributed by atoms with van der Waals surface area (Å²) >= 11 is 1.56. The Morgan fingerprint density at radius 1 is 1.56 bits per heavy atom. The van der Waals surface area contributed by atoms with Crippen LogP contribution in [0.15, 0.2) is 0 Å². The first-order valence-electron chi connectivity index (χ1n) is 5.30. The van der Waals surface area contributed by atoms with Crippen molar-refractivity contribution in [3.8, 4) is 0 Å². The molecule has 1 rings (SSSR count). The summed E-state index contributed by atoms with van der Waals surface area (Å²) in [5.74, 6) is -0.771. The van der Waals surface area contributed by atoms with Crippen molar-refractivity contribution < 1.29 is 9.90 Å². The number of anilines is 1. The number of nitrogens with one attached hydrogen (secondary N) is 1. The third kappa shape index (κ3) is 2.72. The van der Waals surface area contributed by atoms with Crippen molar-refractivity contribution in [1.29, 1.82) is 0 Å². The fourth-order valence-corrected chi connectivity index (χ4v) is 1.98. The Hall–Kier alpha value is -1.10. The molecule has 0 aromatic carbocycles. The lowest BCUT2D eigenvalue weighted by atomic mass is 9.88. The fraction of sp³-hybridized carbons (Fsp3) is 0.636. The van der Waals surface area contributed by atoms with E-state index in [4.69, 9.17) is 5.11 Å². The molecule has 0 amide bonds. The molecule has 1 aromatic rings. The number of carboxylic acids is 1. The van der Waals surface area contributed by atoms with E-state index in [0.29, 0.717) is 13.0 Å². The second-order valence-electron chi connectivity index (χ2n) is 4.23. The zero-order valence-corrected chi connectivity index (χ0v) is 10.9. The van der Waals surface area contributed by atoms with Gasteiger partial charge in [0.15, 0.2) is 5.13 Å². The second kappa shape index (κ2) is 4.82. The van der Waals surface area contributed by atoms with Gasteiger partial charge in [-0.05, 0) is 27.2 Å². The summed E-state index contributed by atoms with van der Waals surface area (Å²) in [6, 6.07) is 0. The monoisotopic (exact) mass is 242 g/mol. The Morgan fingerprint density at radius 3 is 2.56 bits per heavy atom. The number of aromatic nitrogens is 1. The smallest absolute Gasteiger partial charge is 0.311 e. The van der Waals surface area contributed by atoms with E-state index in [9.17, 15) is 4.79 Å². The largest absolute Gasteiger partial charge is 0.481 e. The van der Waals surface area contributed by atoms with Gasteiger partial charge in [0.25, 0.3) is 0 Å². The molecule has 90 valence electrons. The van der Waals surface area contributed by atoms with Crippen LogP contribution in [0.1, 0.15) is 30.8 Å². The highest BCUT2D eigenvalue weighted by molar-refractivity contribution is 7.15. The quantitative estimate of drug-likeness (QED) is 0.833. The number of aliphatic carboxylic acids is 1. The van der Waals surface area contributed by atoms with Crippen molar-refractivity contribution in [3.63, 3.8) is 0 Å². The molecule has 1 heterocycles. The van der Waals surface area contributed by atoms with Gasteiger partial charge >= 0.3 is 5.97 Å². The Bertz CT molecular complexity index is 370. The Kier molecular flexibility index (Phi) is 3.91. The molecule has 0 aliphatic rings. The molecule has 0 bridgehead atoms. The van der Waals surface area contributed by atoms with E-state index >= 15 is 0 Å². The van der Waals surface area contributed by atoms with Crippen LogP contribution < -0.4 is 5.32 Å². The number of hydrogen-bond donors (Lipinski definition) is 2. The zero-order chi connectivity index (χ0) is 12.3. The molecule has 0 fully saturated rings. The summed E-state index contributed by atoms with van der Waals surface area (Å²) in [6.07, 6.45) is 0.596. The fourth-order valence-electron chi connectivity index (χ4n) is 1.17. The predicted octanol–water partition coefficient (Wildman–Crippen LogP) is 2.67. The van der Waals surface area contributed by atoms with Crippen molar-refractivity contribution in [2.24, 2.45) is 5.41 Å². The van der Waals surface area contributed by atoms with E-state index in [-0.39, 0.29) is 0 Å². The minimum atomic E-state index is -0.771. The van der Waals surface area contributed by atoms with Gasteiger partial charge in [-0.3, -0.25) is 4.79 Å². The van der Waals surface area contributed by atoms with Gasteiger partial charge in [0.05, 0.1) is 11.1 Å². The van der Waals surface area contributed by atoms with Crippen LogP contribution in [0.4, 0.5) is 5.13 Å². The van der Waals surface area contributed by atoms with Gasteiger partial charge in [0.2, 0.25) is 0 Å². The number of hydrogen-bond acceptors (Lipinski definition) is 4. The molecule has 0 aliphatic carbocycles. The SMILES string of the molecule is CCC(C)(CNc1nc(C)c(C)s1)C(=O)O. The maximum absolute atomic E-state index is 11.1. The van der Waals surface area contributed by atoms with E-state index < -0.39 is 11.4 Å². The topological polar surface area (TPSA) is 62.2 Å². The Morgan fingerprint density at radius 2 is 2.19 bits per heavy atom. The number of rotatable bonds is 5. The van der Waals surface area contributed by atoms with Gasteiger partial charge < -0.3 is 10.4 Å². The molecule has 16 heavy (non-hydrogen) atoms. The van der Waals surface area contributed by atoms with Crippen molar-refractivity contribution in [2.45, 2.75) is 34.1 Å². The van der Waals surface area contributed by atoms with E-state index in [0.717, 1.165) is 15.7 Å². The highest BCUT2D eigenvalue weighted by Crippen LogP contribution is 2.25. The molecule has 0 saturated carbocycles. The molecule has 1 aromatic heterocycles. The van der Waals surface area contributed by atoms with Crippen LogP contribution in [0.25, 0.3) is 0 Å². The van der Waals surface area contributed by atoms with Gasteiger partial charge in [-0.2, -0.15) is 0 Å². The number of carboxylic acid groups (broad SMARTS) is 1. The Labute approximate surface area is 99.7 Å². The lowest BCUT2D eigenvalue weighted by molar-refractivity contribution is -0.147. The van der Waals surface area contributed by atoms with E-state index in [2.05, 4.69) is 10.3 Å². The van der Waals surface area contributed by atoms with Crippen LogP contribution in [0.5, 0.6) is 0 Å². The first-order chi connectivity index (χ1) is 7.39. The molecule has 1 unspecified atom stereocenters. The number of nitrogens with zero attached hydrogens (tertiary/aromatic N) is 1. The highest BCUT2D eigenvalue weighted by Gasteiger charge is 2.31. The van der Waals surface area contributed by atoms with E-state index in [1.165, 1.54) is 0 Å². The summed E-state index contributed by atoms with van der Waals surface area (Å²) in [6.45, 7) is 8.00. The van der Waals surface area contributed by atoms with Gasteiger partial charge in [-0.1, -0.05) is 6.92 Å². The average molecular weight is 242 g/mol. The number of carbonyl (C=O) groups is 1. The summed E-state index contributed by atoms with van der Waals surface area (Å²) in [5.41, 5.74) is 0.272. The normalized spacial score (nSPS) is 14.5. The molecule has 0 saturated heterocycles. The average Bonchev–Trinajstić information content (AvgIpc) is 2.55. The minimum Gasteiger partial charge on any atom is -0.481 e. The van der Waals surface area contributed by atoms with Gasteiger partial charge in [0, 0.05) is 11.4 Å². The summed E-state index contributed by atoms with van der Waals surface area (Å²) < 4.78 is 0. The van der Waals surface area contributed by atoms with Crippen LogP contribution in [-0.2, 0) is 4.79 Å². The molecule has 0 spiro atoms. The molecule has 4 nitrogen and oxygen atoms in total. The summed E-state index contributed by atoms with van der Waals surface area (Å²) in [5, 5.41) is 13.0. The van der Waals surface area contributed by atoms with Crippen molar-refractivity contribution in [2.75, 3.05) is 11.9 Å². The summed E-state index contributed by atoms with van der Waals surface area (Å²) in [4.78, 5) is 16.6.